The lowest BCUT2D eigenvalue weighted by atomic mass is 9.97. The molecule has 0 saturated carbocycles. The first-order valence-corrected chi connectivity index (χ1v) is 11.6. The minimum atomic E-state index is -1.44. The predicted octanol–water partition coefficient (Wildman–Crippen LogP) is 1.05. The second kappa shape index (κ2) is 9.06. The summed E-state index contributed by atoms with van der Waals surface area (Å²) in [6, 6.07) is 0.989. The molecule has 0 spiro atoms. The van der Waals surface area contributed by atoms with Gasteiger partial charge in [0.2, 0.25) is 16.5 Å². The Morgan fingerprint density at radius 3 is 2.74 bits per heavy atom. The van der Waals surface area contributed by atoms with E-state index in [1.165, 1.54) is 10.9 Å². The van der Waals surface area contributed by atoms with Crippen molar-refractivity contribution in [3.8, 4) is 5.13 Å². The van der Waals surface area contributed by atoms with Gasteiger partial charge in [-0.2, -0.15) is 4.37 Å². The van der Waals surface area contributed by atoms with E-state index in [9.17, 15) is 23.9 Å². The molecular weight excluding hydrogens is 467 g/mol. The van der Waals surface area contributed by atoms with E-state index in [1.54, 1.807) is 4.90 Å². The molecule has 0 unspecified atom stereocenters. The number of fused-ring (bicyclic) bond motifs is 1. The van der Waals surface area contributed by atoms with Crippen molar-refractivity contribution < 1.29 is 23.8 Å². The highest BCUT2D eigenvalue weighted by Gasteiger charge is 2.35. The van der Waals surface area contributed by atoms with Gasteiger partial charge in [-0.25, -0.2) is 19.2 Å². The standard InChI is InChI=1S/C21H21FN6O5S/c22-15-5-13-16(29)14(20(31)32)9-28(21-24-10-25-34-21)17(13)26-18(15)27-7-12(8-27)19(30)23-6-11-1-3-33-4-2-11/h5,9-12H,1-4,6-8H2,(H,23,30)(H,31,32). The Labute approximate surface area is 196 Å². The van der Waals surface area contributed by atoms with Gasteiger partial charge in [-0.15, -0.1) is 0 Å². The molecule has 2 saturated heterocycles. The normalized spacial score (nSPS) is 17.0. The summed E-state index contributed by atoms with van der Waals surface area (Å²) in [6.45, 7) is 2.58. The van der Waals surface area contributed by atoms with Crippen molar-refractivity contribution in [2.45, 2.75) is 12.8 Å². The maximum Gasteiger partial charge on any atom is 0.341 e. The second-order valence-corrected chi connectivity index (χ2v) is 9.10. The molecule has 0 aromatic carbocycles. The van der Waals surface area contributed by atoms with Gasteiger partial charge in [0, 0.05) is 50.6 Å². The molecule has 13 heteroatoms. The molecular formula is C21H21FN6O5S. The third-order valence-corrected chi connectivity index (χ3v) is 6.82. The van der Waals surface area contributed by atoms with E-state index >= 15 is 0 Å². The number of pyridine rings is 2. The van der Waals surface area contributed by atoms with Crippen LogP contribution in [0.1, 0.15) is 23.2 Å². The molecule has 5 rings (SSSR count). The molecule has 2 N–H and O–H groups in total. The number of aromatic carboxylic acids is 1. The van der Waals surface area contributed by atoms with Crippen molar-refractivity contribution in [1.29, 1.82) is 0 Å². The van der Waals surface area contributed by atoms with Gasteiger partial charge in [0.1, 0.15) is 11.9 Å². The maximum absolute atomic E-state index is 15.0. The number of aromatic nitrogens is 4. The molecule has 0 radical (unpaired) electrons. The average molecular weight is 489 g/mol. The highest BCUT2D eigenvalue weighted by atomic mass is 32.1. The van der Waals surface area contributed by atoms with Gasteiger partial charge in [-0.3, -0.25) is 14.2 Å². The van der Waals surface area contributed by atoms with Gasteiger partial charge in [0.05, 0.1) is 11.3 Å². The number of anilines is 1. The molecule has 3 aromatic rings. The van der Waals surface area contributed by atoms with Crippen LogP contribution < -0.4 is 15.6 Å². The fourth-order valence-electron chi connectivity index (χ4n) is 4.16. The van der Waals surface area contributed by atoms with Crippen LogP contribution >= 0.6 is 11.5 Å². The van der Waals surface area contributed by atoms with Crippen molar-refractivity contribution in [2.24, 2.45) is 11.8 Å². The Balaban J connectivity index is 1.38. The minimum Gasteiger partial charge on any atom is -0.477 e. The largest absolute Gasteiger partial charge is 0.477 e. The Morgan fingerprint density at radius 2 is 2.06 bits per heavy atom. The van der Waals surface area contributed by atoms with Crippen LogP contribution in [-0.2, 0) is 9.53 Å². The van der Waals surface area contributed by atoms with Gasteiger partial charge < -0.3 is 20.1 Å². The first kappa shape index (κ1) is 22.3. The smallest absolute Gasteiger partial charge is 0.341 e. The summed E-state index contributed by atoms with van der Waals surface area (Å²) in [5.74, 6) is -2.19. The summed E-state index contributed by atoms with van der Waals surface area (Å²) in [4.78, 5) is 46.7. The molecule has 11 nitrogen and oxygen atoms in total. The first-order valence-electron chi connectivity index (χ1n) is 10.8. The number of ether oxygens (including phenoxy) is 1. The quantitative estimate of drug-likeness (QED) is 0.521. The zero-order valence-corrected chi connectivity index (χ0v) is 18.8. The molecule has 1 amide bonds. The fraction of sp³-hybridized carbons (Fsp3) is 0.429. The van der Waals surface area contributed by atoms with Gasteiger partial charge in [-0.1, -0.05) is 0 Å². The average Bonchev–Trinajstić information content (AvgIpc) is 3.33. The molecule has 0 aliphatic carbocycles. The molecule has 2 aliphatic heterocycles. The van der Waals surface area contributed by atoms with Crippen LogP contribution in [0, 0.1) is 17.7 Å². The summed E-state index contributed by atoms with van der Waals surface area (Å²) in [7, 11) is 0. The van der Waals surface area contributed by atoms with Crippen molar-refractivity contribution in [1.82, 2.24) is 24.2 Å². The number of carboxylic acid groups (broad SMARTS) is 1. The zero-order chi connectivity index (χ0) is 23.8. The van der Waals surface area contributed by atoms with E-state index in [0.29, 0.717) is 25.7 Å². The Bertz CT molecular complexity index is 1300. The molecule has 34 heavy (non-hydrogen) atoms. The summed E-state index contributed by atoms with van der Waals surface area (Å²) in [5.41, 5.74) is -1.30. The van der Waals surface area contributed by atoms with E-state index in [1.807, 2.05) is 0 Å². The lowest BCUT2D eigenvalue weighted by Gasteiger charge is -2.39. The summed E-state index contributed by atoms with van der Waals surface area (Å²) in [6.07, 6.45) is 4.24. The monoisotopic (exact) mass is 488 g/mol. The summed E-state index contributed by atoms with van der Waals surface area (Å²) >= 11 is 0.975. The minimum absolute atomic E-state index is 0.0123. The third-order valence-electron chi connectivity index (χ3n) is 6.16. The van der Waals surface area contributed by atoms with Gasteiger partial charge in [0.15, 0.2) is 17.3 Å². The number of nitrogens with one attached hydrogen (secondary N) is 1. The number of hydrogen-bond acceptors (Lipinski definition) is 9. The third kappa shape index (κ3) is 4.12. The van der Waals surface area contributed by atoms with Crippen LogP contribution in [0.4, 0.5) is 10.2 Å². The van der Waals surface area contributed by atoms with Gasteiger partial charge in [-0.05, 0) is 24.8 Å². The number of rotatable bonds is 6. The fourth-order valence-corrected chi connectivity index (χ4v) is 4.67. The SMILES string of the molecule is O=C(O)c1cn(-c2ncns2)c2nc(N3CC(C(=O)NCC4CCOCC4)C3)c(F)cc2c1=O. The molecule has 2 aliphatic rings. The van der Waals surface area contributed by atoms with Crippen molar-refractivity contribution in [2.75, 3.05) is 37.7 Å². The van der Waals surface area contributed by atoms with Crippen LogP contribution in [0.15, 0.2) is 23.4 Å². The number of amides is 1. The number of nitrogens with zero attached hydrogens (tertiary/aromatic N) is 5. The molecule has 3 aromatic heterocycles. The number of carboxylic acids is 1. The summed E-state index contributed by atoms with van der Waals surface area (Å²) in [5, 5.41) is 12.5. The Kier molecular flexibility index (Phi) is 5.96. The van der Waals surface area contributed by atoms with Crippen molar-refractivity contribution >= 4 is 40.3 Å². The van der Waals surface area contributed by atoms with E-state index in [2.05, 4.69) is 19.7 Å². The Hall–Kier alpha value is -3.45. The van der Waals surface area contributed by atoms with Gasteiger partial charge >= 0.3 is 5.97 Å². The lowest BCUT2D eigenvalue weighted by Crippen LogP contribution is -2.54. The molecule has 178 valence electrons. The second-order valence-electron chi connectivity index (χ2n) is 8.34. The van der Waals surface area contributed by atoms with E-state index in [0.717, 1.165) is 36.6 Å². The van der Waals surface area contributed by atoms with E-state index in [4.69, 9.17) is 4.74 Å². The number of carbonyl (C=O) groups is 2. The maximum atomic E-state index is 15.0. The highest BCUT2D eigenvalue weighted by molar-refractivity contribution is 7.08. The number of hydrogen-bond donors (Lipinski definition) is 2. The highest BCUT2D eigenvalue weighted by Crippen LogP contribution is 2.29. The van der Waals surface area contributed by atoms with Crippen LogP contribution in [-0.4, -0.2) is 68.7 Å². The first-order chi connectivity index (χ1) is 16.4. The van der Waals surface area contributed by atoms with Crippen LogP contribution in [0.5, 0.6) is 0 Å². The van der Waals surface area contributed by atoms with Gasteiger partial charge in [0.25, 0.3) is 0 Å². The zero-order valence-electron chi connectivity index (χ0n) is 17.9. The summed E-state index contributed by atoms with van der Waals surface area (Å²) < 4.78 is 25.5. The number of halogens is 1. The van der Waals surface area contributed by atoms with Crippen LogP contribution in [0.2, 0.25) is 0 Å². The molecule has 0 bridgehead atoms. The van der Waals surface area contributed by atoms with E-state index < -0.39 is 22.8 Å². The Morgan fingerprint density at radius 1 is 1.29 bits per heavy atom. The molecule has 2 fully saturated rings. The van der Waals surface area contributed by atoms with E-state index in [-0.39, 0.29) is 46.9 Å². The lowest BCUT2D eigenvalue weighted by molar-refractivity contribution is -0.126. The predicted molar refractivity (Wildman–Crippen MR) is 120 cm³/mol. The molecule has 0 atom stereocenters. The van der Waals surface area contributed by atoms with Crippen LogP contribution in [0.25, 0.3) is 16.2 Å². The molecule has 5 heterocycles. The topological polar surface area (TPSA) is 140 Å². The van der Waals surface area contributed by atoms with Crippen molar-refractivity contribution in [3.63, 3.8) is 0 Å². The van der Waals surface area contributed by atoms with Crippen molar-refractivity contribution in [3.05, 3.63) is 40.2 Å². The van der Waals surface area contributed by atoms with Crippen LogP contribution in [0.3, 0.4) is 0 Å². The number of carbonyl (C=O) groups excluding carboxylic acids is 1.